The van der Waals surface area contributed by atoms with Crippen LogP contribution in [-0.2, 0) is 23.1 Å². The SMILES string of the molecule is CCCCCCCCC=CCCCCCCCCCCCC(=O)OCC(O)COP(=O)(O)OCCN. The van der Waals surface area contributed by atoms with Crippen molar-refractivity contribution in [1.82, 2.24) is 0 Å². The Morgan fingerprint density at radius 2 is 1.31 bits per heavy atom. The topological polar surface area (TPSA) is 128 Å². The second kappa shape index (κ2) is 25.9. The first-order valence-corrected chi connectivity index (χ1v) is 15.7. The van der Waals surface area contributed by atoms with Gasteiger partial charge in [-0.25, -0.2) is 4.57 Å². The molecule has 0 radical (unpaired) electrons. The molecule has 0 aromatic heterocycles. The first-order valence-electron chi connectivity index (χ1n) is 14.2. The van der Waals surface area contributed by atoms with E-state index < -0.39 is 20.5 Å². The number of phosphoric acid groups is 1. The first-order chi connectivity index (χ1) is 17.4. The molecule has 0 aromatic carbocycles. The monoisotopic (exact) mass is 535 g/mol. The molecule has 0 amide bonds. The highest BCUT2D eigenvalue weighted by molar-refractivity contribution is 7.47. The number of nitrogens with two attached hydrogens (primary N) is 1. The van der Waals surface area contributed by atoms with Crippen LogP contribution in [0.15, 0.2) is 12.2 Å². The number of esters is 1. The highest BCUT2D eigenvalue weighted by Gasteiger charge is 2.22. The van der Waals surface area contributed by atoms with Crippen molar-refractivity contribution in [3.63, 3.8) is 0 Å². The maximum atomic E-state index is 11.8. The van der Waals surface area contributed by atoms with E-state index in [1.165, 1.54) is 89.9 Å². The van der Waals surface area contributed by atoms with Crippen LogP contribution in [0.25, 0.3) is 0 Å². The summed E-state index contributed by atoms with van der Waals surface area (Å²) in [6.07, 6.45) is 24.9. The molecule has 0 aliphatic rings. The lowest BCUT2D eigenvalue weighted by molar-refractivity contribution is -0.147. The number of ether oxygens (including phenoxy) is 1. The largest absolute Gasteiger partial charge is 0.472 e. The number of carbonyl (C=O) groups excluding carboxylic acids is 1. The predicted molar refractivity (Wildman–Crippen MR) is 146 cm³/mol. The number of rotatable bonds is 27. The molecule has 0 fully saturated rings. The number of aliphatic hydroxyl groups excluding tert-OH is 1. The van der Waals surface area contributed by atoms with Gasteiger partial charge in [0.25, 0.3) is 0 Å². The summed E-state index contributed by atoms with van der Waals surface area (Å²) < 4.78 is 25.6. The average molecular weight is 536 g/mol. The normalized spacial score (nSPS) is 14.2. The van der Waals surface area contributed by atoms with Gasteiger partial charge in [0.2, 0.25) is 0 Å². The standard InChI is InChI=1S/C27H54NO7P/c1-2-3-4-5-6-7-8-9-10-11-12-13-14-15-16-17-18-19-20-21-27(30)33-24-26(29)25-35-36(31,32)34-23-22-28/h9-10,26,29H,2-8,11-25,28H2,1H3,(H,31,32). The van der Waals surface area contributed by atoms with E-state index in [0.717, 1.165) is 19.3 Å². The summed E-state index contributed by atoms with van der Waals surface area (Å²) in [4.78, 5) is 21.1. The third-order valence-electron chi connectivity index (χ3n) is 5.88. The molecule has 4 N–H and O–H groups in total. The molecule has 2 unspecified atom stereocenters. The van der Waals surface area contributed by atoms with E-state index in [2.05, 4.69) is 28.1 Å². The summed E-state index contributed by atoms with van der Waals surface area (Å²) in [5.74, 6) is -0.387. The van der Waals surface area contributed by atoms with Gasteiger partial charge in [-0.1, -0.05) is 96.1 Å². The Hall–Kier alpha value is -0.760. The van der Waals surface area contributed by atoms with Crippen LogP contribution >= 0.6 is 7.82 Å². The summed E-state index contributed by atoms with van der Waals surface area (Å²) in [5.41, 5.74) is 5.18. The molecule has 2 atom stereocenters. The molecule has 0 heterocycles. The Labute approximate surface area is 220 Å². The molecule has 0 aromatic rings. The van der Waals surface area contributed by atoms with E-state index in [1.54, 1.807) is 0 Å². The van der Waals surface area contributed by atoms with E-state index in [1.807, 2.05) is 0 Å². The fourth-order valence-electron chi connectivity index (χ4n) is 3.74. The number of aliphatic hydroxyl groups is 1. The van der Waals surface area contributed by atoms with Crippen LogP contribution < -0.4 is 5.73 Å². The number of allylic oxidation sites excluding steroid dienone is 2. The van der Waals surface area contributed by atoms with Gasteiger partial charge in [-0.3, -0.25) is 13.8 Å². The van der Waals surface area contributed by atoms with Gasteiger partial charge in [-0.15, -0.1) is 0 Å². The van der Waals surface area contributed by atoms with E-state index in [4.69, 9.17) is 10.5 Å². The Morgan fingerprint density at radius 1 is 0.806 bits per heavy atom. The minimum absolute atomic E-state index is 0.0750. The van der Waals surface area contributed by atoms with Gasteiger partial charge >= 0.3 is 13.8 Å². The molecule has 0 aliphatic heterocycles. The van der Waals surface area contributed by atoms with Gasteiger partial charge in [0.05, 0.1) is 13.2 Å². The maximum Gasteiger partial charge on any atom is 0.472 e. The number of phosphoric ester groups is 1. The first kappa shape index (κ1) is 35.2. The van der Waals surface area contributed by atoms with Gasteiger partial charge in [-0.2, -0.15) is 0 Å². The Bertz CT molecular complexity index is 574. The maximum absolute atomic E-state index is 11.8. The van der Waals surface area contributed by atoms with E-state index >= 15 is 0 Å². The fourth-order valence-corrected chi connectivity index (χ4v) is 4.51. The lowest BCUT2D eigenvalue weighted by atomic mass is 10.1. The van der Waals surface area contributed by atoms with Crippen molar-refractivity contribution in [1.29, 1.82) is 0 Å². The number of hydrogen-bond donors (Lipinski definition) is 3. The Morgan fingerprint density at radius 3 is 1.83 bits per heavy atom. The molecular weight excluding hydrogens is 481 g/mol. The lowest BCUT2D eigenvalue weighted by Gasteiger charge is -2.15. The van der Waals surface area contributed by atoms with Crippen molar-refractivity contribution < 1.29 is 33.1 Å². The van der Waals surface area contributed by atoms with Crippen LogP contribution in [0.5, 0.6) is 0 Å². The summed E-state index contributed by atoms with van der Waals surface area (Å²) in [7, 11) is -4.24. The molecular formula is C27H54NO7P. The third kappa shape index (κ3) is 26.3. The highest BCUT2D eigenvalue weighted by atomic mass is 31.2. The van der Waals surface area contributed by atoms with Gasteiger partial charge in [0.15, 0.2) is 0 Å². The smallest absolute Gasteiger partial charge is 0.463 e. The van der Waals surface area contributed by atoms with Crippen molar-refractivity contribution in [2.24, 2.45) is 5.73 Å². The van der Waals surface area contributed by atoms with Gasteiger partial charge in [0, 0.05) is 13.0 Å². The lowest BCUT2D eigenvalue weighted by Crippen LogP contribution is -2.23. The molecule has 8 nitrogen and oxygen atoms in total. The van der Waals surface area contributed by atoms with Gasteiger partial charge < -0.3 is 20.5 Å². The number of carbonyl (C=O) groups is 1. The zero-order valence-corrected chi connectivity index (χ0v) is 23.6. The average Bonchev–Trinajstić information content (AvgIpc) is 2.86. The molecule has 0 saturated heterocycles. The summed E-state index contributed by atoms with van der Waals surface area (Å²) >= 11 is 0. The quantitative estimate of drug-likeness (QED) is 0.0466. The van der Waals surface area contributed by atoms with Crippen molar-refractivity contribution in [3.05, 3.63) is 12.2 Å². The second-order valence-electron chi connectivity index (χ2n) is 9.47. The minimum Gasteiger partial charge on any atom is -0.463 e. The van der Waals surface area contributed by atoms with Crippen LogP contribution in [0, 0.1) is 0 Å². The van der Waals surface area contributed by atoms with Crippen molar-refractivity contribution in [2.75, 3.05) is 26.4 Å². The number of unbranched alkanes of at least 4 members (excludes halogenated alkanes) is 15. The Balaban J connectivity index is 3.40. The predicted octanol–water partition coefficient (Wildman–Crippen LogP) is 6.58. The van der Waals surface area contributed by atoms with E-state index in [-0.39, 0.29) is 25.7 Å². The molecule has 0 spiro atoms. The molecule has 0 bridgehead atoms. The van der Waals surface area contributed by atoms with Crippen LogP contribution in [-0.4, -0.2) is 48.4 Å². The van der Waals surface area contributed by atoms with Crippen LogP contribution in [0.4, 0.5) is 0 Å². The van der Waals surface area contributed by atoms with Crippen LogP contribution in [0.3, 0.4) is 0 Å². The van der Waals surface area contributed by atoms with E-state index in [0.29, 0.717) is 6.42 Å². The van der Waals surface area contributed by atoms with Gasteiger partial charge in [0.1, 0.15) is 12.7 Å². The van der Waals surface area contributed by atoms with E-state index in [9.17, 15) is 19.4 Å². The molecule has 0 aliphatic carbocycles. The van der Waals surface area contributed by atoms with Crippen molar-refractivity contribution >= 4 is 13.8 Å². The second-order valence-corrected chi connectivity index (χ2v) is 10.9. The summed E-state index contributed by atoms with van der Waals surface area (Å²) in [6.45, 7) is 1.45. The van der Waals surface area contributed by atoms with Gasteiger partial charge in [-0.05, 0) is 32.1 Å². The van der Waals surface area contributed by atoms with Crippen LogP contribution in [0.2, 0.25) is 0 Å². The third-order valence-corrected chi connectivity index (χ3v) is 6.87. The highest BCUT2D eigenvalue weighted by Crippen LogP contribution is 2.42. The van der Waals surface area contributed by atoms with Crippen molar-refractivity contribution in [3.8, 4) is 0 Å². The molecule has 0 rings (SSSR count). The Kier molecular flexibility index (Phi) is 25.3. The fraction of sp³-hybridized carbons (Fsp3) is 0.889. The molecule has 0 saturated carbocycles. The molecule has 36 heavy (non-hydrogen) atoms. The summed E-state index contributed by atoms with van der Waals surface area (Å²) in [5, 5.41) is 9.70. The summed E-state index contributed by atoms with van der Waals surface area (Å²) in [6, 6.07) is 0. The zero-order chi connectivity index (χ0) is 26.7. The zero-order valence-electron chi connectivity index (χ0n) is 22.7. The molecule has 9 heteroatoms. The van der Waals surface area contributed by atoms with Crippen LogP contribution in [0.1, 0.15) is 122 Å². The number of hydrogen-bond acceptors (Lipinski definition) is 7. The minimum atomic E-state index is -4.24. The van der Waals surface area contributed by atoms with Crippen molar-refractivity contribution in [2.45, 2.75) is 129 Å². The molecule has 214 valence electrons.